The summed E-state index contributed by atoms with van der Waals surface area (Å²) in [4.78, 5) is 13.7. The number of nitrogens with two attached hydrogens (primary N) is 1. The fraction of sp³-hybridized carbons (Fsp3) is 0. The third-order valence-corrected chi connectivity index (χ3v) is 5.15. The molecule has 2 heterocycles. The van der Waals surface area contributed by atoms with Crippen LogP contribution in [-0.4, -0.2) is 18.3 Å². The van der Waals surface area contributed by atoms with Crippen molar-refractivity contribution in [2.75, 3.05) is 10.5 Å². The zero-order valence-corrected chi connectivity index (χ0v) is 12.0. The third kappa shape index (κ3) is 2.98. The van der Waals surface area contributed by atoms with Crippen molar-refractivity contribution in [3.05, 3.63) is 39.5 Å². The van der Waals surface area contributed by atoms with Gasteiger partial charge in [-0.2, -0.15) is 0 Å². The van der Waals surface area contributed by atoms with E-state index < -0.39 is 20.6 Å². The first-order chi connectivity index (χ1) is 9.29. The van der Waals surface area contributed by atoms with Crippen LogP contribution < -0.4 is 10.5 Å². The third-order valence-electron chi connectivity index (χ3n) is 2.15. The highest BCUT2D eigenvalue weighted by Crippen LogP contribution is 2.34. The monoisotopic (exact) mass is 334 g/mol. The summed E-state index contributed by atoms with van der Waals surface area (Å²) in [6.07, 6.45) is 1.27. The average molecular weight is 335 g/mol. The van der Waals surface area contributed by atoms with Crippen molar-refractivity contribution in [2.45, 2.75) is 4.21 Å². The molecule has 0 fully saturated rings. The Morgan fingerprint density at radius 1 is 1.45 bits per heavy atom. The lowest BCUT2D eigenvalue weighted by Crippen LogP contribution is -2.12. The SMILES string of the molecule is Nc1sc(S(=O)(=O)Nc2ccc(Cl)cn2)cc1[N+](=O)[O-]. The first-order valence-corrected chi connectivity index (χ1v) is 7.65. The lowest BCUT2D eigenvalue weighted by atomic mass is 10.5. The first kappa shape index (κ1) is 14.5. The van der Waals surface area contributed by atoms with Crippen LogP contribution in [0.3, 0.4) is 0 Å². The minimum absolute atomic E-state index is 0.0454. The molecule has 0 unspecified atom stereocenters. The summed E-state index contributed by atoms with van der Waals surface area (Å²) in [5.74, 6) is 0.0454. The van der Waals surface area contributed by atoms with Crippen LogP contribution in [0.2, 0.25) is 5.02 Å². The number of pyridine rings is 1. The van der Waals surface area contributed by atoms with Crippen molar-refractivity contribution >= 4 is 49.5 Å². The highest BCUT2D eigenvalue weighted by molar-refractivity contribution is 7.94. The lowest BCUT2D eigenvalue weighted by Gasteiger charge is -2.04. The molecule has 0 saturated carbocycles. The Hall–Kier alpha value is -1.91. The highest BCUT2D eigenvalue weighted by atomic mass is 35.5. The molecule has 0 atom stereocenters. The summed E-state index contributed by atoms with van der Waals surface area (Å²) in [6, 6.07) is 3.72. The highest BCUT2D eigenvalue weighted by Gasteiger charge is 2.25. The van der Waals surface area contributed by atoms with Gasteiger partial charge in [-0.15, -0.1) is 0 Å². The molecule has 0 aromatic carbocycles. The van der Waals surface area contributed by atoms with Gasteiger partial charge in [0.15, 0.2) is 5.00 Å². The molecule has 20 heavy (non-hydrogen) atoms. The first-order valence-electron chi connectivity index (χ1n) is 4.97. The van der Waals surface area contributed by atoms with E-state index in [2.05, 4.69) is 9.71 Å². The largest absolute Gasteiger partial charge is 0.385 e. The van der Waals surface area contributed by atoms with Crippen LogP contribution in [0, 0.1) is 10.1 Å². The molecule has 2 aromatic heterocycles. The van der Waals surface area contributed by atoms with E-state index >= 15 is 0 Å². The number of hydrogen-bond acceptors (Lipinski definition) is 7. The van der Waals surface area contributed by atoms with Crippen LogP contribution in [0.4, 0.5) is 16.5 Å². The number of nitrogens with one attached hydrogen (secondary N) is 1. The Morgan fingerprint density at radius 3 is 2.65 bits per heavy atom. The molecule has 0 aliphatic rings. The molecule has 0 amide bonds. The number of rotatable bonds is 4. The van der Waals surface area contributed by atoms with Gasteiger partial charge in [-0.1, -0.05) is 22.9 Å². The Bertz CT molecular complexity index is 757. The van der Waals surface area contributed by atoms with Crippen molar-refractivity contribution in [1.82, 2.24) is 4.98 Å². The molecule has 8 nitrogen and oxygen atoms in total. The average Bonchev–Trinajstić information content (AvgIpc) is 2.75. The fourth-order valence-electron chi connectivity index (χ4n) is 1.27. The standard InChI is InChI=1S/C9H7ClN4O4S2/c10-5-1-2-7(12-4-5)13-20(17,18)8-3-6(14(15)16)9(11)19-8/h1-4H,11H2,(H,12,13). The van der Waals surface area contributed by atoms with E-state index in [1.807, 2.05) is 0 Å². The zero-order chi connectivity index (χ0) is 14.9. The Balaban J connectivity index is 2.33. The van der Waals surface area contributed by atoms with Crippen molar-refractivity contribution < 1.29 is 13.3 Å². The number of nitrogens with zero attached hydrogens (tertiary/aromatic N) is 2. The summed E-state index contributed by atoms with van der Waals surface area (Å²) >= 11 is 6.23. The summed E-state index contributed by atoms with van der Waals surface area (Å²) in [5.41, 5.74) is 4.96. The van der Waals surface area contributed by atoms with Gasteiger partial charge in [-0.05, 0) is 12.1 Å². The smallest absolute Gasteiger partial charge is 0.304 e. The summed E-state index contributed by atoms with van der Waals surface area (Å²) in [6.45, 7) is 0. The number of nitro groups is 1. The maximum atomic E-state index is 12.0. The molecule has 0 saturated heterocycles. The van der Waals surface area contributed by atoms with Gasteiger partial charge in [-0.3, -0.25) is 14.8 Å². The zero-order valence-electron chi connectivity index (χ0n) is 9.61. The van der Waals surface area contributed by atoms with E-state index in [0.29, 0.717) is 16.4 Å². The van der Waals surface area contributed by atoms with E-state index in [9.17, 15) is 18.5 Å². The van der Waals surface area contributed by atoms with Crippen LogP contribution in [0.1, 0.15) is 0 Å². The van der Waals surface area contributed by atoms with Crippen LogP contribution >= 0.6 is 22.9 Å². The second-order valence-corrected chi connectivity index (χ2v) is 6.97. The van der Waals surface area contributed by atoms with E-state index in [1.165, 1.54) is 18.3 Å². The predicted octanol–water partition coefficient (Wildman–Crippen LogP) is 2.09. The van der Waals surface area contributed by atoms with Crippen LogP contribution in [-0.2, 0) is 10.0 Å². The molecule has 0 spiro atoms. The van der Waals surface area contributed by atoms with Crippen molar-refractivity contribution in [3.63, 3.8) is 0 Å². The van der Waals surface area contributed by atoms with Gasteiger partial charge in [0.2, 0.25) is 0 Å². The molecule has 2 rings (SSSR count). The number of sulfonamides is 1. The van der Waals surface area contributed by atoms with Crippen molar-refractivity contribution in [1.29, 1.82) is 0 Å². The normalized spacial score (nSPS) is 11.2. The molecule has 0 aliphatic heterocycles. The van der Waals surface area contributed by atoms with Gasteiger partial charge < -0.3 is 5.73 Å². The molecular formula is C9H7ClN4O4S2. The van der Waals surface area contributed by atoms with Gasteiger partial charge >= 0.3 is 5.69 Å². The second kappa shape index (κ2) is 5.23. The maximum absolute atomic E-state index is 12.0. The Morgan fingerprint density at radius 2 is 2.15 bits per heavy atom. The number of aromatic nitrogens is 1. The molecule has 0 bridgehead atoms. The van der Waals surface area contributed by atoms with E-state index in [-0.39, 0.29) is 15.0 Å². The van der Waals surface area contributed by atoms with Gasteiger partial charge in [0.25, 0.3) is 10.0 Å². The fourth-order valence-corrected chi connectivity index (χ4v) is 3.61. The molecule has 11 heteroatoms. The molecule has 3 N–H and O–H groups in total. The minimum Gasteiger partial charge on any atom is -0.385 e. The van der Waals surface area contributed by atoms with Crippen molar-refractivity contribution in [2.24, 2.45) is 0 Å². The number of anilines is 2. The summed E-state index contributed by atoms with van der Waals surface area (Å²) in [7, 11) is -3.98. The number of nitrogen functional groups attached to an aromatic ring is 1. The maximum Gasteiger partial charge on any atom is 0.304 e. The van der Waals surface area contributed by atoms with Gasteiger partial charge in [0, 0.05) is 12.3 Å². The van der Waals surface area contributed by atoms with Gasteiger partial charge in [-0.25, -0.2) is 13.4 Å². The molecule has 0 aliphatic carbocycles. The van der Waals surface area contributed by atoms with Crippen molar-refractivity contribution in [3.8, 4) is 0 Å². The summed E-state index contributed by atoms with van der Waals surface area (Å²) in [5, 5.41) is 10.8. The Labute approximate surface area is 122 Å². The van der Waals surface area contributed by atoms with Gasteiger partial charge in [0.05, 0.1) is 9.95 Å². The Kier molecular flexibility index (Phi) is 3.79. The van der Waals surface area contributed by atoms with E-state index in [1.54, 1.807) is 0 Å². The second-order valence-electron chi connectivity index (χ2n) is 3.54. The molecule has 0 radical (unpaired) electrons. The van der Waals surface area contributed by atoms with Crippen LogP contribution in [0.5, 0.6) is 0 Å². The molecular weight excluding hydrogens is 328 g/mol. The number of thiophene rings is 1. The van der Waals surface area contributed by atoms with Crippen LogP contribution in [0.15, 0.2) is 28.6 Å². The molecule has 2 aromatic rings. The van der Waals surface area contributed by atoms with Gasteiger partial charge in [0.1, 0.15) is 10.0 Å². The van der Waals surface area contributed by atoms with Crippen LogP contribution in [0.25, 0.3) is 0 Å². The minimum atomic E-state index is -3.98. The molecule has 106 valence electrons. The van der Waals surface area contributed by atoms with E-state index in [4.69, 9.17) is 17.3 Å². The lowest BCUT2D eigenvalue weighted by molar-refractivity contribution is -0.383. The summed E-state index contributed by atoms with van der Waals surface area (Å²) < 4.78 is 26.0. The van der Waals surface area contributed by atoms with E-state index in [0.717, 1.165) is 6.07 Å². The number of hydrogen-bond donors (Lipinski definition) is 2. The quantitative estimate of drug-likeness (QED) is 0.650. The topological polar surface area (TPSA) is 128 Å². The number of halogens is 1. The predicted molar refractivity (Wildman–Crippen MR) is 75.4 cm³/mol.